The molecule has 12 heteroatoms. The predicted molar refractivity (Wildman–Crippen MR) is 159 cm³/mol. The number of aromatic amines is 1. The fraction of sp³-hybridized carbons (Fsp3) is 0.414. The Balaban J connectivity index is 1.82. The summed E-state index contributed by atoms with van der Waals surface area (Å²) < 4.78 is 6.66. The number of hydrogen-bond acceptors (Lipinski definition) is 6. The maximum atomic E-state index is 13.4. The van der Waals surface area contributed by atoms with Crippen LogP contribution in [0.25, 0.3) is 11.0 Å². The van der Waals surface area contributed by atoms with Gasteiger partial charge in [0.25, 0.3) is 11.5 Å². The first kappa shape index (κ1) is 31.4. The number of pyridine rings is 1. The number of rotatable bonds is 11. The van der Waals surface area contributed by atoms with Crippen LogP contribution in [0.15, 0.2) is 47.3 Å². The van der Waals surface area contributed by atoms with Crippen LogP contribution >= 0.6 is 11.6 Å². The molecule has 1 atom stereocenters. The van der Waals surface area contributed by atoms with Crippen molar-refractivity contribution in [3.63, 3.8) is 0 Å². The first-order valence-electron chi connectivity index (χ1n) is 13.3. The Bertz CT molecular complexity index is 1490. The van der Waals surface area contributed by atoms with Gasteiger partial charge in [-0.3, -0.25) is 19.0 Å². The number of anilines is 1. The molecule has 0 aliphatic carbocycles. The van der Waals surface area contributed by atoms with Crippen LogP contribution in [-0.2, 0) is 27.3 Å². The van der Waals surface area contributed by atoms with Crippen LogP contribution in [0.5, 0.6) is 0 Å². The number of allylic oxidation sites excluding steroid dienone is 1. The number of H-pyrrole nitrogens is 1. The molecule has 0 fully saturated rings. The molecule has 0 bridgehead atoms. The predicted octanol–water partition coefficient (Wildman–Crippen LogP) is 4.05. The highest BCUT2D eigenvalue weighted by Gasteiger charge is 2.25. The van der Waals surface area contributed by atoms with E-state index in [-0.39, 0.29) is 36.1 Å². The van der Waals surface area contributed by atoms with Crippen molar-refractivity contribution in [3.05, 3.63) is 69.4 Å². The lowest BCUT2D eigenvalue weighted by Gasteiger charge is -2.20. The van der Waals surface area contributed by atoms with Crippen LogP contribution in [0.4, 0.5) is 10.5 Å². The third-order valence-corrected chi connectivity index (χ3v) is 6.50. The molecule has 3 aromatic rings. The molecule has 0 aliphatic heterocycles. The number of carbonyl (C=O) groups is 3. The monoisotopic (exact) mass is 584 g/mol. The van der Waals surface area contributed by atoms with Gasteiger partial charge in [0.15, 0.2) is 6.10 Å². The van der Waals surface area contributed by atoms with E-state index in [2.05, 4.69) is 35.2 Å². The first-order valence-corrected chi connectivity index (χ1v) is 13.7. The Morgan fingerprint density at radius 1 is 1.12 bits per heavy atom. The lowest BCUT2D eigenvalue weighted by molar-refractivity contribution is -0.125. The summed E-state index contributed by atoms with van der Waals surface area (Å²) in [6.45, 7) is 4.34. The number of amides is 3. The van der Waals surface area contributed by atoms with Crippen molar-refractivity contribution in [2.75, 3.05) is 33.5 Å². The number of halogens is 1. The van der Waals surface area contributed by atoms with Gasteiger partial charge in [-0.05, 0) is 55.0 Å². The highest BCUT2D eigenvalue weighted by Crippen LogP contribution is 2.21. The minimum absolute atomic E-state index is 0.0276. The van der Waals surface area contributed by atoms with Crippen molar-refractivity contribution in [2.24, 2.45) is 5.92 Å². The zero-order valence-electron chi connectivity index (χ0n) is 24.2. The van der Waals surface area contributed by atoms with E-state index < -0.39 is 23.7 Å². The number of likely N-dealkylation sites (N-methyl/N-ethyl adjacent to an activating group) is 1. The van der Waals surface area contributed by atoms with Gasteiger partial charge < -0.3 is 24.8 Å². The molecule has 2 N–H and O–H groups in total. The van der Waals surface area contributed by atoms with Gasteiger partial charge >= 0.3 is 6.09 Å². The van der Waals surface area contributed by atoms with Crippen molar-refractivity contribution >= 4 is 46.2 Å². The zero-order valence-corrected chi connectivity index (χ0v) is 25.0. The number of imidazole rings is 1. The Labute approximate surface area is 244 Å². The average Bonchev–Trinajstić information content (AvgIpc) is 3.33. The van der Waals surface area contributed by atoms with Crippen LogP contribution in [0.3, 0.4) is 0 Å². The number of hydrogen-bond donors (Lipinski definition) is 2. The third kappa shape index (κ3) is 8.43. The van der Waals surface area contributed by atoms with Crippen LogP contribution in [0, 0.1) is 5.92 Å². The van der Waals surface area contributed by atoms with Crippen molar-refractivity contribution in [1.29, 1.82) is 0 Å². The van der Waals surface area contributed by atoms with Crippen LogP contribution in [-0.4, -0.2) is 76.5 Å². The van der Waals surface area contributed by atoms with Gasteiger partial charge in [0, 0.05) is 28.2 Å². The highest BCUT2D eigenvalue weighted by molar-refractivity contribution is 6.29. The number of nitrogens with one attached hydrogen (secondary N) is 2. The second-order valence-corrected chi connectivity index (χ2v) is 10.9. The number of fused-ring (bicyclic) bond motifs is 1. The lowest BCUT2D eigenvalue weighted by Crippen LogP contribution is -2.37. The Hall–Kier alpha value is -4.12. The maximum absolute atomic E-state index is 13.4. The standard InChI is InChI=1S/C29H37ClN6O5/c1-18(2)16-19-10-9-11-20-26(19)33-24(31-20)17-36-23(30)15-14-21(28(36)39)32-27(38)22(41-29(40)35(5)6)12-7-8-13-25(37)34(3)4/h8-11,13-15,18,22H,7,12,16-17H2,1-6H3,(H,31,33)(H,32,38)/b13-8+. The molecule has 0 radical (unpaired) electrons. The number of para-hydroxylation sites is 1. The number of ether oxygens (including phenoxy) is 1. The number of nitrogens with zero attached hydrogens (tertiary/aromatic N) is 4. The van der Waals surface area contributed by atoms with Gasteiger partial charge in [-0.1, -0.05) is 43.7 Å². The van der Waals surface area contributed by atoms with Crippen molar-refractivity contribution in [3.8, 4) is 0 Å². The van der Waals surface area contributed by atoms with E-state index in [1.165, 1.54) is 46.7 Å². The molecule has 3 rings (SSSR count). The summed E-state index contributed by atoms with van der Waals surface area (Å²) >= 11 is 6.38. The van der Waals surface area contributed by atoms with E-state index in [1.807, 2.05) is 12.1 Å². The SMILES string of the molecule is CC(C)Cc1cccc2nc(Cn3c(Cl)ccc(NC(=O)C(CC/C=C/C(=O)N(C)C)OC(=O)N(C)C)c3=O)[nH]c12. The van der Waals surface area contributed by atoms with Crippen LogP contribution < -0.4 is 10.9 Å². The van der Waals surface area contributed by atoms with Gasteiger partial charge in [0.1, 0.15) is 16.7 Å². The van der Waals surface area contributed by atoms with E-state index in [9.17, 15) is 19.2 Å². The largest absolute Gasteiger partial charge is 0.436 e. The van der Waals surface area contributed by atoms with Crippen molar-refractivity contribution in [2.45, 2.75) is 45.8 Å². The molecule has 1 unspecified atom stereocenters. The third-order valence-electron chi connectivity index (χ3n) is 6.17. The summed E-state index contributed by atoms with van der Waals surface area (Å²) in [5, 5.41) is 2.75. The summed E-state index contributed by atoms with van der Waals surface area (Å²) in [6, 6.07) is 8.81. The van der Waals surface area contributed by atoms with E-state index in [1.54, 1.807) is 20.2 Å². The molecule has 1 aromatic carbocycles. The quantitative estimate of drug-likeness (QED) is 0.258. The zero-order chi connectivity index (χ0) is 30.3. The smallest absolute Gasteiger partial charge is 0.410 e. The molecule has 0 aliphatic rings. The molecule has 41 heavy (non-hydrogen) atoms. The Morgan fingerprint density at radius 3 is 2.51 bits per heavy atom. The average molecular weight is 585 g/mol. The minimum Gasteiger partial charge on any atom is -0.436 e. The molecular weight excluding hydrogens is 548 g/mol. The summed E-state index contributed by atoms with van der Waals surface area (Å²) in [6.07, 6.45) is 2.32. The fourth-order valence-electron chi connectivity index (χ4n) is 4.04. The Morgan fingerprint density at radius 2 is 1.85 bits per heavy atom. The molecule has 2 aromatic heterocycles. The normalized spacial score (nSPS) is 12.1. The number of aromatic nitrogens is 3. The van der Waals surface area contributed by atoms with E-state index >= 15 is 0 Å². The molecule has 2 heterocycles. The molecule has 0 saturated carbocycles. The second-order valence-electron chi connectivity index (χ2n) is 10.5. The summed E-state index contributed by atoms with van der Waals surface area (Å²) in [7, 11) is 6.24. The van der Waals surface area contributed by atoms with Gasteiger partial charge in [-0.15, -0.1) is 0 Å². The van der Waals surface area contributed by atoms with Gasteiger partial charge in [0.05, 0.1) is 17.6 Å². The van der Waals surface area contributed by atoms with E-state index in [0.717, 1.165) is 23.0 Å². The summed E-state index contributed by atoms with van der Waals surface area (Å²) in [4.78, 5) is 61.1. The van der Waals surface area contributed by atoms with E-state index in [0.29, 0.717) is 11.7 Å². The number of benzene rings is 1. The minimum atomic E-state index is -1.21. The van der Waals surface area contributed by atoms with Gasteiger partial charge in [0.2, 0.25) is 5.91 Å². The highest BCUT2D eigenvalue weighted by atomic mass is 35.5. The fourth-order valence-corrected chi connectivity index (χ4v) is 4.24. The Kier molecular flexibility index (Phi) is 10.7. The topological polar surface area (TPSA) is 130 Å². The number of carbonyl (C=O) groups excluding carboxylic acids is 3. The van der Waals surface area contributed by atoms with Crippen LogP contribution in [0.1, 0.15) is 38.1 Å². The first-order chi connectivity index (χ1) is 19.4. The maximum Gasteiger partial charge on any atom is 0.410 e. The summed E-state index contributed by atoms with van der Waals surface area (Å²) in [5.74, 6) is 0.113. The molecule has 11 nitrogen and oxygen atoms in total. The molecule has 0 saturated heterocycles. The van der Waals surface area contributed by atoms with Crippen molar-refractivity contribution in [1.82, 2.24) is 24.3 Å². The van der Waals surface area contributed by atoms with E-state index in [4.69, 9.17) is 16.3 Å². The van der Waals surface area contributed by atoms with Crippen molar-refractivity contribution < 1.29 is 19.1 Å². The molecular formula is C29H37ClN6O5. The van der Waals surface area contributed by atoms with Crippen LogP contribution in [0.2, 0.25) is 5.15 Å². The van der Waals surface area contributed by atoms with Gasteiger partial charge in [-0.2, -0.15) is 0 Å². The second kappa shape index (κ2) is 14.0. The lowest BCUT2D eigenvalue weighted by atomic mass is 10.0. The molecule has 3 amide bonds. The summed E-state index contributed by atoms with van der Waals surface area (Å²) in [5.41, 5.74) is 2.27. The molecule has 220 valence electrons. The van der Waals surface area contributed by atoms with Gasteiger partial charge in [-0.25, -0.2) is 9.78 Å². The molecule has 0 spiro atoms.